The minimum absolute atomic E-state index is 0.0714. The molecule has 1 saturated carbocycles. The molecule has 0 aromatic heterocycles. The van der Waals surface area contributed by atoms with Crippen molar-refractivity contribution in [3.05, 3.63) is 12.2 Å². The van der Waals surface area contributed by atoms with Gasteiger partial charge in [-0.25, -0.2) is 0 Å². The van der Waals surface area contributed by atoms with Gasteiger partial charge in [-0.1, -0.05) is 19.9 Å². The summed E-state index contributed by atoms with van der Waals surface area (Å²) in [4.78, 5) is 22.6. The summed E-state index contributed by atoms with van der Waals surface area (Å²) in [6.07, 6.45) is 5.28. The lowest BCUT2D eigenvalue weighted by Crippen LogP contribution is -2.35. The predicted molar refractivity (Wildman–Crippen MR) is 49.2 cm³/mol. The number of hydrogen-bond donors (Lipinski definition) is 0. The lowest BCUT2D eigenvalue weighted by Gasteiger charge is -2.40. The van der Waals surface area contributed by atoms with Crippen LogP contribution in [0.5, 0.6) is 0 Å². The van der Waals surface area contributed by atoms with E-state index in [1.165, 1.54) is 0 Å². The van der Waals surface area contributed by atoms with Crippen molar-refractivity contribution in [2.75, 3.05) is 0 Å². The number of hydrogen-bond acceptors (Lipinski definition) is 2. The van der Waals surface area contributed by atoms with Crippen LogP contribution in [-0.4, -0.2) is 11.6 Å². The maximum atomic E-state index is 11.4. The molecular weight excluding hydrogens is 164 g/mol. The van der Waals surface area contributed by atoms with Gasteiger partial charge in [0, 0.05) is 19.3 Å². The number of rotatable bonds is 0. The molecule has 2 rings (SSSR count). The first-order chi connectivity index (χ1) is 5.95. The second-order valence-electron chi connectivity index (χ2n) is 4.85. The third-order valence-corrected chi connectivity index (χ3v) is 3.73. The molecule has 2 nitrogen and oxygen atoms in total. The molecule has 2 atom stereocenters. The molecule has 0 unspecified atom stereocenters. The average Bonchev–Trinajstić information content (AvgIpc) is 2.19. The molecule has 0 aliphatic heterocycles. The first kappa shape index (κ1) is 8.67. The van der Waals surface area contributed by atoms with Crippen molar-refractivity contribution < 1.29 is 9.59 Å². The number of ketones is 2. The van der Waals surface area contributed by atoms with Crippen molar-refractivity contribution in [3.63, 3.8) is 0 Å². The molecule has 0 bridgehead atoms. The van der Waals surface area contributed by atoms with Gasteiger partial charge in [0.15, 0.2) is 5.78 Å². The van der Waals surface area contributed by atoms with Gasteiger partial charge in [0.2, 0.25) is 0 Å². The third-order valence-electron chi connectivity index (χ3n) is 3.73. The van der Waals surface area contributed by atoms with E-state index in [-0.39, 0.29) is 16.6 Å². The standard InChI is InChI=1S/C11H14O2/c1-10-4-3-8(12)5-11(10,2)7-9(13)6-10/h3-4H,5-7H2,1-2H3/t10-,11+/m1/s1. The van der Waals surface area contributed by atoms with Crippen LogP contribution in [0.1, 0.15) is 33.1 Å². The van der Waals surface area contributed by atoms with Gasteiger partial charge in [0.25, 0.3) is 0 Å². The smallest absolute Gasteiger partial charge is 0.155 e. The van der Waals surface area contributed by atoms with Gasteiger partial charge in [-0.05, 0) is 16.9 Å². The first-order valence-corrected chi connectivity index (χ1v) is 4.69. The van der Waals surface area contributed by atoms with Gasteiger partial charge < -0.3 is 0 Å². The molecule has 0 aromatic carbocycles. The highest BCUT2D eigenvalue weighted by Gasteiger charge is 2.52. The van der Waals surface area contributed by atoms with Crippen LogP contribution in [0.25, 0.3) is 0 Å². The van der Waals surface area contributed by atoms with Gasteiger partial charge in [-0.2, -0.15) is 0 Å². The van der Waals surface area contributed by atoms with Gasteiger partial charge in [0.1, 0.15) is 5.78 Å². The molecule has 13 heavy (non-hydrogen) atoms. The summed E-state index contributed by atoms with van der Waals surface area (Å²) < 4.78 is 0. The van der Waals surface area contributed by atoms with E-state index in [4.69, 9.17) is 0 Å². The Morgan fingerprint density at radius 3 is 2.54 bits per heavy atom. The lowest BCUT2D eigenvalue weighted by atomic mass is 9.63. The minimum atomic E-state index is -0.115. The molecule has 2 aliphatic rings. The predicted octanol–water partition coefficient (Wildman–Crippen LogP) is 1.89. The molecule has 0 radical (unpaired) electrons. The monoisotopic (exact) mass is 178 g/mol. The highest BCUT2D eigenvalue weighted by Crippen LogP contribution is 2.55. The number of Topliss-reactive ketones (excluding diaryl/α,β-unsaturated/α-hetero) is 1. The summed E-state index contributed by atoms with van der Waals surface area (Å²) in [7, 11) is 0. The van der Waals surface area contributed by atoms with Crippen LogP contribution in [0, 0.1) is 10.8 Å². The van der Waals surface area contributed by atoms with E-state index in [1.54, 1.807) is 6.08 Å². The van der Waals surface area contributed by atoms with E-state index in [1.807, 2.05) is 6.08 Å². The van der Waals surface area contributed by atoms with Crippen LogP contribution >= 0.6 is 0 Å². The van der Waals surface area contributed by atoms with Crippen LogP contribution in [-0.2, 0) is 9.59 Å². The Morgan fingerprint density at radius 1 is 1.15 bits per heavy atom. The van der Waals surface area contributed by atoms with E-state index < -0.39 is 0 Å². The molecule has 0 amide bonds. The Kier molecular flexibility index (Phi) is 1.54. The Labute approximate surface area is 78.0 Å². The second-order valence-corrected chi connectivity index (χ2v) is 4.85. The topological polar surface area (TPSA) is 34.1 Å². The van der Waals surface area contributed by atoms with Gasteiger partial charge in [0.05, 0.1) is 0 Å². The summed E-state index contributed by atoms with van der Waals surface area (Å²) in [6, 6.07) is 0. The number of carbonyl (C=O) groups is 2. The Morgan fingerprint density at radius 2 is 1.85 bits per heavy atom. The molecule has 70 valence electrons. The summed E-state index contributed by atoms with van der Waals surface area (Å²) in [6.45, 7) is 4.14. The second kappa shape index (κ2) is 2.31. The summed E-state index contributed by atoms with van der Waals surface area (Å²) >= 11 is 0. The van der Waals surface area contributed by atoms with Crippen molar-refractivity contribution in [1.82, 2.24) is 0 Å². The van der Waals surface area contributed by atoms with Crippen molar-refractivity contribution in [2.45, 2.75) is 33.1 Å². The largest absolute Gasteiger partial charge is 0.300 e. The molecule has 0 saturated heterocycles. The van der Waals surface area contributed by atoms with Gasteiger partial charge in [-0.15, -0.1) is 0 Å². The maximum Gasteiger partial charge on any atom is 0.155 e. The fraction of sp³-hybridized carbons (Fsp3) is 0.636. The zero-order valence-corrected chi connectivity index (χ0v) is 8.09. The normalized spacial score (nSPS) is 43.8. The highest BCUT2D eigenvalue weighted by molar-refractivity contribution is 5.94. The van der Waals surface area contributed by atoms with E-state index in [0.29, 0.717) is 25.0 Å². The van der Waals surface area contributed by atoms with Crippen LogP contribution in [0.15, 0.2) is 12.2 Å². The molecule has 0 N–H and O–H groups in total. The lowest BCUT2D eigenvalue weighted by molar-refractivity contribution is -0.119. The Bertz CT molecular complexity index is 316. The molecule has 1 fully saturated rings. The van der Waals surface area contributed by atoms with Crippen LogP contribution < -0.4 is 0 Å². The highest BCUT2D eigenvalue weighted by atomic mass is 16.1. The number of fused-ring (bicyclic) bond motifs is 1. The minimum Gasteiger partial charge on any atom is -0.300 e. The summed E-state index contributed by atoms with van der Waals surface area (Å²) in [5, 5.41) is 0. The average molecular weight is 178 g/mol. The quantitative estimate of drug-likeness (QED) is 0.567. The molecular formula is C11H14O2. The number of carbonyl (C=O) groups excluding carboxylic acids is 2. The van der Waals surface area contributed by atoms with Crippen LogP contribution in [0.3, 0.4) is 0 Å². The van der Waals surface area contributed by atoms with E-state index >= 15 is 0 Å². The van der Waals surface area contributed by atoms with Crippen molar-refractivity contribution >= 4 is 11.6 Å². The number of allylic oxidation sites excluding steroid dienone is 2. The van der Waals surface area contributed by atoms with Crippen molar-refractivity contribution in [3.8, 4) is 0 Å². The molecule has 0 heterocycles. The molecule has 0 spiro atoms. The maximum absolute atomic E-state index is 11.4. The fourth-order valence-corrected chi connectivity index (χ4v) is 2.57. The zero-order valence-electron chi connectivity index (χ0n) is 8.09. The van der Waals surface area contributed by atoms with E-state index in [0.717, 1.165) is 0 Å². The summed E-state index contributed by atoms with van der Waals surface area (Å²) in [5.41, 5.74) is -0.187. The Balaban J connectivity index is 2.45. The third kappa shape index (κ3) is 1.08. The first-order valence-electron chi connectivity index (χ1n) is 4.69. The van der Waals surface area contributed by atoms with Gasteiger partial charge >= 0.3 is 0 Å². The van der Waals surface area contributed by atoms with Crippen LogP contribution in [0.4, 0.5) is 0 Å². The van der Waals surface area contributed by atoms with Crippen LogP contribution in [0.2, 0.25) is 0 Å². The van der Waals surface area contributed by atoms with Crippen molar-refractivity contribution in [2.24, 2.45) is 10.8 Å². The summed E-state index contributed by atoms with van der Waals surface area (Å²) in [5.74, 6) is 0.457. The van der Waals surface area contributed by atoms with Gasteiger partial charge in [-0.3, -0.25) is 9.59 Å². The fourth-order valence-electron chi connectivity index (χ4n) is 2.57. The van der Waals surface area contributed by atoms with Crippen molar-refractivity contribution in [1.29, 1.82) is 0 Å². The zero-order chi connectivity index (χ0) is 9.69. The van der Waals surface area contributed by atoms with E-state index in [2.05, 4.69) is 13.8 Å². The molecule has 2 aliphatic carbocycles. The molecule has 0 aromatic rings. The molecule has 2 heteroatoms. The Hall–Kier alpha value is -0.920. The van der Waals surface area contributed by atoms with E-state index in [9.17, 15) is 9.59 Å². The SMILES string of the molecule is C[C@@]12CC(=O)C=C[C@]1(C)CC(=O)C2.